The molecule has 7 nitrogen and oxygen atoms in total. The van der Waals surface area contributed by atoms with Gasteiger partial charge in [-0.15, -0.1) is 0 Å². The molecule has 196 valence electrons. The summed E-state index contributed by atoms with van der Waals surface area (Å²) in [6.45, 7) is 2.50. The molecule has 0 radical (unpaired) electrons. The molecule has 2 aromatic carbocycles. The van der Waals surface area contributed by atoms with Crippen LogP contribution in [-0.4, -0.2) is 58.2 Å². The highest BCUT2D eigenvalue weighted by Gasteiger charge is 2.47. The number of aromatic nitrogens is 1. The second-order valence-electron chi connectivity index (χ2n) is 10.9. The van der Waals surface area contributed by atoms with Crippen molar-refractivity contribution in [3.63, 3.8) is 0 Å². The topological polar surface area (TPSA) is 82.6 Å². The predicted molar refractivity (Wildman–Crippen MR) is 145 cm³/mol. The van der Waals surface area contributed by atoms with Crippen LogP contribution in [0, 0.1) is 11.8 Å². The van der Waals surface area contributed by atoms with Gasteiger partial charge >= 0.3 is 0 Å². The van der Waals surface area contributed by atoms with Crippen molar-refractivity contribution in [3.8, 4) is 0 Å². The number of fused-ring (bicyclic) bond motifs is 3. The van der Waals surface area contributed by atoms with E-state index in [1.54, 1.807) is 6.20 Å². The van der Waals surface area contributed by atoms with E-state index in [1.807, 2.05) is 52.3 Å². The minimum absolute atomic E-state index is 0.0418. The lowest BCUT2D eigenvalue weighted by Crippen LogP contribution is -2.48. The molecule has 3 heterocycles. The van der Waals surface area contributed by atoms with E-state index in [1.165, 1.54) is 11.1 Å². The van der Waals surface area contributed by atoms with Crippen LogP contribution in [-0.2, 0) is 22.6 Å². The molecule has 1 saturated carbocycles. The van der Waals surface area contributed by atoms with Crippen molar-refractivity contribution in [1.82, 2.24) is 20.1 Å². The smallest absolute Gasteiger partial charge is 0.273 e. The van der Waals surface area contributed by atoms with Crippen LogP contribution in [0.3, 0.4) is 0 Å². The van der Waals surface area contributed by atoms with Crippen LogP contribution in [0.4, 0.5) is 0 Å². The van der Waals surface area contributed by atoms with Crippen LogP contribution in [0.5, 0.6) is 0 Å². The van der Waals surface area contributed by atoms with E-state index in [0.29, 0.717) is 44.7 Å². The quantitative estimate of drug-likeness (QED) is 0.566. The zero-order valence-electron chi connectivity index (χ0n) is 21.6. The van der Waals surface area contributed by atoms with Crippen molar-refractivity contribution < 1.29 is 14.4 Å². The summed E-state index contributed by atoms with van der Waals surface area (Å²) in [7, 11) is 0. The molecule has 7 heteroatoms. The van der Waals surface area contributed by atoms with E-state index >= 15 is 0 Å². The fourth-order valence-corrected chi connectivity index (χ4v) is 6.56. The largest absolute Gasteiger partial charge is 0.356 e. The summed E-state index contributed by atoms with van der Waals surface area (Å²) < 4.78 is 0. The van der Waals surface area contributed by atoms with Crippen molar-refractivity contribution in [1.29, 1.82) is 0 Å². The van der Waals surface area contributed by atoms with Gasteiger partial charge in [-0.25, -0.2) is 0 Å². The average molecular weight is 511 g/mol. The molecule has 2 fully saturated rings. The van der Waals surface area contributed by atoms with Crippen molar-refractivity contribution in [2.24, 2.45) is 11.8 Å². The number of amides is 3. The van der Waals surface area contributed by atoms with Crippen molar-refractivity contribution in [2.45, 2.75) is 51.1 Å². The standard InChI is InChI=1S/C31H34N4O3/c36-29-26-18-24(30(37)34-17-13-21-8-2-3-10-23(21)20-34)19-27(26)35(16-7-1-6-14-33-29)31(38)28-25-11-5-4-9-22(25)12-15-32-28/h2-5,8-12,15,24,26-27H,1,6-7,13-14,16-20H2,(H,33,36)/t24-,26-,27+/m0/s1. The van der Waals surface area contributed by atoms with Crippen LogP contribution in [0.1, 0.15) is 53.7 Å². The fraction of sp³-hybridized carbons (Fsp3) is 0.419. The first-order chi connectivity index (χ1) is 18.6. The van der Waals surface area contributed by atoms with Gasteiger partial charge in [0.1, 0.15) is 5.69 Å². The summed E-state index contributed by atoms with van der Waals surface area (Å²) in [5.41, 5.74) is 2.92. The molecular formula is C31H34N4O3. The maximum Gasteiger partial charge on any atom is 0.273 e. The minimum atomic E-state index is -0.405. The van der Waals surface area contributed by atoms with Gasteiger partial charge < -0.3 is 15.1 Å². The normalized spacial score (nSPS) is 23.9. The van der Waals surface area contributed by atoms with E-state index in [2.05, 4.69) is 22.4 Å². The maximum atomic E-state index is 14.1. The molecule has 1 saturated heterocycles. The molecule has 1 aromatic heterocycles. The Morgan fingerprint density at radius 1 is 0.895 bits per heavy atom. The second-order valence-corrected chi connectivity index (χ2v) is 10.9. The first kappa shape index (κ1) is 24.6. The Hall–Kier alpha value is -3.74. The Morgan fingerprint density at radius 3 is 2.61 bits per heavy atom. The van der Waals surface area contributed by atoms with Gasteiger partial charge in [0, 0.05) is 49.7 Å². The lowest BCUT2D eigenvalue weighted by molar-refractivity contribution is -0.136. The summed E-state index contributed by atoms with van der Waals surface area (Å²) in [5, 5.41) is 4.87. The molecule has 0 spiro atoms. The number of rotatable bonds is 2. The summed E-state index contributed by atoms with van der Waals surface area (Å²) in [6.07, 6.45) is 6.17. The monoisotopic (exact) mass is 510 g/mol. The molecule has 3 aromatic rings. The van der Waals surface area contributed by atoms with Gasteiger partial charge in [-0.2, -0.15) is 0 Å². The van der Waals surface area contributed by atoms with E-state index in [9.17, 15) is 14.4 Å². The molecule has 3 amide bonds. The molecular weight excluding hydrogens is 476 g/mol. The van der Waals surface area contributed by atoms with Crippen molar-refractivity contribution in [2.75, 3.05) is 19.6 Å². The van der Waals surface area contributed by atoms with Crippen LogP contribution in [0.15, 0.2) is 60.8 Å². The Bertz CT molecular complexity index is 1370. The van der Waals surface area contributed by atoms with Gasteiger partial charge in [0.2, 0.25) is 11.8 Å². The minimum Gasteiger partial charge on any atom is -0.356 e. The number of nitrogens with zero attached hydrogens (tertiary/aromatic N) is 3. The van der Waals surface area contributed by atoms with Gasteiger partial charge in [-0.05, 0) is 61.1 Å². The van der Waals surface area contributed by atoms with E-state index in [0.717, 1.165) is 36.5 Å². The SMILES string of the molecule is O=C1NCCCCCN(C(=O)c2nccc3ccccc23)[C@@H]2C[C@@H](C(=O)N3CCc4ccccc4C3)C[C@H]12. The Labute approximate surface area is 223 Å². The Balaban J connectivity index is 1.29. The Kier molecular flexibility index (Phi) is 6.83. The van der Waals surface area contributed by atoms with Gasteiger partial charge in [0.15, 0.2) is 0 Å². The molecule has 3 atom stereocenters. The lowest BCUT2D eigenvalue weighted by atomic mass is 9.97. The first-order valence-electron chi connectivity index (χ1n) is 13.9. The number of carbonyl (C=O) groups is 3. The molecule has 1 N–H and O–H groups in total. The number of nitrogens with one attached hydrogen (secondary N) is 1. The van der Waals surface area contributed by atoms with Crippen LogP contribution in [0.2, 0.25) is 0 Å². The molecule has 0 bridgehead atoms. The summed E-state index contributed by atoms with van der Waals surface area (Å²) in [4.78, 5) is 49.5. The molecule has 0 unspecified atom stereocenters. The third-order valence-electron chi connectivity index (χ3n) is 8.57. The highest BCUT2D eigenvalue weighted by atomic mass is 16.2. The molecule has 2 aliphatic heterocycles. The van der Waals surface area contributed by atoms with Crippen molar-refractivity contribution in [3.05, 3.63) is 77.6 Å². The molecule has 38 heavy (non-hydrogen) atoms. The van der Waals surface area contributed by atoms with Gasteiger partial charge in [0.05, 0.1) is 5.92 Å². The Morgan fingerprint density at radius 2 is 1.71 bits per heavy atom. The number of hydrogen-bond acceptors (Lipinski definition) is 4. The fourth-order valence-electron chi connectivity index (χ4n) is 6.56. The molecule has 3 aliphatic rings. The number of pyridine rings is 1. The van der Waals surface area contributed by atoms with Crippen LogP contribution in [0.25, 0.3) is 10.8 Å². The van der Waals surface area contributed by atoms with Gasteiger partial charge in [-0.1, -0.05) is 48.5 Å². The highest BCUT2D eigenvalue weighted by Crippen LogP contribution is 2.38. The van der Waals surface area contributed by atoms with Crippen molar-refractivity contribution >= 4 is 28.5 Å². The lowest BCUT2D eigenvalue weighted by Gasteiger charge is -2.34. The van der Waals surface area contributed by atoms with Gasteiger partial charge in [-0.3, -0.25) is 19.4 Å². The predicted octanol–water partition coefficient (Wildman–Crippen LogP) is 3.96. The maximum absolute atomic E-state index is 14.1. The average Bonchev–Trinajstić information content (AvgIpc) is 3.40. The summed E-state index contributed by atoms with van der Waals surface area (Å²) >= 11 is 0. The van der Waals surface area contributed by atoms with Crippen LogP contribution >= 0.6 is 0 Å². The number of carbonyl (C=O) groups excluding carboxylic acids is 3. The van der Waals surface area contributed by atoms with E-state index < -0.39 is 5.92 Å². The number of hydrogen-bond donors (Lipinski definition) is 1. The van der Waals surface area contributed by atoms with Crippen LogP contribution < -0.4 is 5.32 Å². The third kappa shape index (κ3) is 4.66. The summed E-state index contributed by atoms with van der Waals surface area (Å²) in [6, 6.07) is 17.6. The zero-order chi connectivity index (χ0) is 26.1. The molecule has 6 rings (SSSR count). The molecule has 1 aliphatic carbocycles. The first-order valence-corrected chi connectivity index (χ1v) is 13.9. The second kappa shape index (κ2) is 10.6. The van der Waals surface area contributed by atoms with Gasteiger partial charge in [0.25, 0.3) is 5.91 Å². The third-order valence-corrected chi connectivity index (χ3v) is 8.57. The highest BCUT2D eigenvalue weighted by molar-refractivity contribution is 6.05. The zero-order valence-corrected chi connectivity index (χ0v) is 21.6. The summed E-state index contributed by atoms with van der Waals surface area (Å²) in [5.74, 6) is -0.772. The number of benzene rings is 2. The van der Waals surface area contributed by atoms with E-state index in [-0.39, 0.29) is 29.7 Å². The van der Waals surface area contributed by atoms with E-state index in [4.69, 9.17) is 0 Å².